The molecular formula is C26H32N2O4. The largest absolute Gasteiger partial charge is 0.489 e. The van der Waals surface area contributed by atoms with Crippen LogP contribution in [-0.4, -0.2) is 42.5 Å². The van der Waals surface area contributed by atoms with Crippen LogP contribution >= 0.6 is 0 Å². The standard InChI is InChI=1S/C26H32N2O4/c1-15(29)28-13-16-9-21(30)19-11-17-6-7-26(2)20(25(17)32-22(19)10-16)12-23(31-3)24(26)18-5-4-8-27-14-18/h4-5,8,11,14,16,20,23-25H,6-7,9-10,12-13H2,1-3H3,(H,28,29)/t16?,20-,23+,24-,25+,26-/m0/s1. The Bertz CT molecular complexity index is 985. The molecule has 6 atom stereocenters. The average molecular weight is 437 g/mol. The van der Waals surface area contributed by atoms with Gasteiger partial charge in [0.25, 0.3) is 0 Å². The van der Waals surface area contributed by atoms with Crippen molar-refractivity contribution >= 4 is 11.7 Å². The summed E-state index contributed by atoms with van der Waals surface area (Å²) >= 11 is 0. The summed E-state index contributed by atoms with van der Waals surface area (Å²) in [5.41, 5.74) is 3.28. The van der Waals surface area contributed by atoms with Crippen molar-refractivity contribution < 1.29 is 19.1 Å². The third kappa shape index (κ3) is 3.49. The Hall–Kier alpha value is -2.47. The van der Waals surface area contributed by atoms with E-state index in [4.69, 9.17) is 9.47 Å². The molecule has 1 aliphatic heterocycles. The summed E-state index contributed by atoms with van der Waals surface area (Å²) in [6.45, 7) is 4.40. The van der Waals surface area contributed by atoms with E-state index in [9.17, 15) is 9.59 Å². The van der Waals surface area contributed by atoms with Crippen LogP contribution in [0.1, 0.15) is 57.4 Å². The number of pyridine rings is 1. The van der Waals surface area contributed by atoms with Crippen molar-refractivity contribution in [3.8, 4) is 0 Å². The first kappa shape index (κ1) is 21.4. The summed E-state index contributed by atoms with van der Waals surface area (Å²) in [4.78, 5) is 28.6. The van der Waals surface area contributed by atoms with Crippen LogP contribution in [0.15, 0.2) is 47.5 Å². The highest BCUT2D eigenvalue weighted by molar-refractivity contribution is 6.00. The van der Waals surface area contributed by atoms with E-state index in [0.29, 0.717) is 25.3 Å². The number of allylic oxidation sites excluding steroid dienone is 3. The highest BCUT2D eigenvalue weighted by atomic mass is 16.5. The summed E-state index contributed by atoms with van der Waals surface area (Å²) in [5, 5.41) is 2.86. The van der Waals surface area contributed by atoms with E-state index in [1.807, 2.05) is 18.5 Å². The molecule has 0 aromatic carbocycles. The zero-order valence-corrected chi connectivity index (χ0v) is 19.1. The molecule has 2 saturated carbocycles. The Balaban J connectivity index is 1.43. The van der Waals surface area contributed by atoms with Gasteiger partial charge in [-0.1, -0.05) is 13.0 Å². The summed E-state index contributed by atoms with van der Waals surface area (Å²) in [6.07, 6.45) is 10.1. The lowest BCUT2D eigenvalue weighted by atomic mass is 9.61. The number of ketones is 1. The zero-order chi connectivity index (χ0) is 22.5. The van der Waals surface area contributed by atoms with Gasteiger partial charge in [-0.15, -0.1) is 0 Å². The van der Waals surface area contributed by atoms with E-state index in [-0.39, 0.29) is 41.1 Å². The fourth-order valence-electron chi connectivity index (χ4n) is 6.65. The zero-order valence-electron chi connectivity index (χ0n) is 19.1. The number of carbonyl (C=O) groups is 2. The number of fused-ring (bicyclic) bond motifs is 3. The topological polar surface area (TPSA) is 77.5 Å². The first-order chi connectivity index (χ1) is 15.4. The molecule has 6 nitrogen and oxygen atoms in total. The SMILES string of the molecule is CO[C@@H]1C[C@H]2[C@@H]3OC4=C(C=C3CC[C@]2(C)[C@H]1c1cccnc1)C(=O)CC(CNC(C)=O)C4. The monoisotopic (exact) mass is 436 g/mol. The van der Waals surface area contributed by atoms with Crippen molar-refractivity contribution in [1.82, 2.24) is 10.3 Å². The number of nitrogens with one attached hydrogen (secondary N) is 1. The van der Waals surface area contributed by atoms with Gasteiger partial charge in [0.1, 0.15) is 11.9 Å². The number of methoxy groups -OCH3 is 1. The molecule has 1 unspecified atom stereocenters. The smallest absolute Gasteiger partial charge is 0.216 e. The molecule has 2 fully saturated rings. The molecule has 1 aromatic rings. The lowest BCUT2D eigenvalue weighted by Crippen LogP contribution is -2.44. The molecule has 0 radical (unpaired) electrons. The number of hydrogen-bond donors (Lipinski definition) is 1. The fraction of sp³-hybridized carbons (Fsp3) is 0.577. The Morgan fingerprint density at radius 1 is 1.38 bits per heavy atom. The number of carbonyl (C=O) groups excluding carboxylic acids is 2. The van der Waals surface area contributed by atoms with Gasteiger partial charge in [0.05, 0.1) is 11.7 Å². The van der Waals surface area contributed by atoms with Gasteiger partial charge in [0.15, 0.2) is 5.78 Å². The van der Waals surface area contributed by atoms with Crippen LogP contribution in [0.4, 0.5) is 0 Å². The van der Waals surface area contributed by atoms with Crippen LogP contribution in [0.3, 0.4) is 0 Å². The van der Waals surface area contributed by atoms with Gasteiger partial charge in [0.2, 0.25) is 5.91 Å². The highest BCUT2D eigenvalue weighted by Crippen LogP contribution is 2.62. The van der Waals surface area contributed by atoms with Crippen LogP contribution < -0.4 is 5.32 Å². The maximum Gasteiger partial charge on any atom is 0.216 e. The van der Waals surface area contributed by atoms with E-state index >= 15 is 0 Å². The van der Waals surface area contributed by atoms with Crippen molar-refractivity contribution in [2.75, 3.05) is 13.7 Å². The van der Waals surface area contributed by atoms with Crippen molar-refractivity contribution in [2.45, 2.75) is 64.1 Å². The molecule has 32 heavy (non-hydrogen) atoms. The van der Waals surface area contributed by atoms with Crippen LogP contribution in [0.5, 0.6) is 0 Å². The average Bonchev–Trinajstić information content (AvgIpc) is 3.10. The molecule has 2 heterocycles. The molecule has 6 heteroatoms. The molecule has 4 aliphatic rings. The summed E-state index contributed by atoms with van der Waals surface area (Å²) in [6, 6.07) is 4.17. The fourth-order valence-corrected chi connectivity index (χ4v) is 6.65. The Labute approximate surface area is 189 Å². The van der Waals surface area contributed by atoms with Crippen LogP contribution in [-0.2, 0) is 19.1 Å². The van der Waals surface area contributed by atoms with Crippen molar-refractivity contribution in [2.24, 2.45) is 17.3 Å². The number of Topliss-reactive ketones (excluding diaryl/α,β-unsaturated/α-hetero) is 1. The lowest BCUT2D eigenvalue weighted by Gasteiger charge is -2.48. The number of nitrogens with zero attached hydrogens (tertiary/aromatic N) is 1. The number of aromatic nitrogens is 1. The third-order valence-electron chi connectivity index (χ3n) is 8.23. The predicted octanol–water partition coefficient (Wildman–Crippen LogP) is 3.69. The Morgan fingerprint density at radius 3 is 2.94 bits per heavy atom. The van der Waals surface area contributed by atoms with Crippen LogP contribution in [0.25, 0.3) is 0 Å². The quantitative estimate of drug-likeness (QED) is 0.779. The van der Waals surface area contributed by atoms with Crippen molar-refractivity contribution in [3.05, 3.63) is 53.1 Å². The van der Waals surface area contributed by atoms with Gasteiger partial charge in [0, 0.05) is 57.6 Å². The van der Waals surface area contributed by atoms with Crippen molar-refractivity contribution in [1.29, 1.82) is 0 Å². The summed E-state index contributed by atoms with van der Waals surface area (Å²) in [5.74, 6) is 1.56. The summed E-state index contributed by atoms with van der Waals surface area (Å²) in [7, 11) is 1.81. The van der Waals surface area contributed by atoms with E-state index in [0.717, 1.165) is 30.6 Å². The summed E-state index contributed by atoms with van der Waals surface area (Å²) < 4.78 is 12.7. The second-order valence-corrected chi connectivity index (χ2v) is 10.1. The van der Waals surface area contributed by atoms with E-state index in [2.05, 4.69) is 29.4 Å². The second-order valence-electron chi connectivity index (χ2n) is 10.1. The molecule has 0 bridgehead atoms. The van der Waals surface area contributed by atoms with E-state index in [1.165, 1.54) is 18.1 Å². The molecule has 1 N–H and O–H groups in total. The molecule has 5 rings (SSSR count). The van der Waals surface area contributed by atoms with Gasteiger partial charge >= 0.3 is 0 Å². The predicted molar refractivity (Wildman–Crippen MR) is 120 cm³/mol. The van der Waals surface area contributed by atoms with Crippen molar-refractivity contribution in [3.63, 3.8) is 0 Å². The van der Waals surface area contributed by atoms with Crippen LogP contribution in [0.2, 0.25) is 0 Å². The van der Waals surface area contributed by atoms with Gasteiger partial charge < -0.3 is 14.8 Å². The second kappa shape index (κ2) is 8.14. The highest BCUT2D eigenvalue weighted by Gasteiger charge is 2.59. The first-order valence-electron chi connectivity index (χ1n) is 11.7. The molecule has 170 valence electrons. The van der Waals surface area contributed by atoms with Gasteiger partial charge in [-0.05, 0) is 53.9 Å². The normalized spacial score (nSPS) is 35.9. The minimum atomic E-state index is -0.0648. The third-order valence-corrected chi connectivity index (χ3v) is 8.23. The number of amides is 1. The minimum Gasteiger partial charge on any atom is -0.489 e. The molecular weight excluding hydrogens is 404 g/mol. The number of rotatable bonds is 4. The Morgan fingerprint density at radius 2 is 2.22 bits per heavy atom. The number of ether oxygens (including phenoxy) is 2. The van der Waals surface area contributed by atoms with Gasteiger partial charge in [-0.2, -0.15) is 0 Å². The maximum atomic E-state index is 12.9. The van der Waals surface area contributed by atoms with E-state index in [1.54, 1.807) is 7.11 Å². The molecule has 1 aromatic heterocycles. The minimum absolute atomic E-state index is 0.0147. The molecule has 0 saturated heterocycles. The van der Waals surface area contributed by atoms with Gasteiger partial charge in [-0.3, -0.25) is 14.6 Å². The van der Waals surface area contributed by atoms with Gasteiger partial charge in [-0.25, -0.2) is 0 Å². The Kier molecular flexibility index (Phi) is 5.44. The maximum absolute atomic E-state index is 12.9. The molecule has 0 spiro atoms. The van der Waals surface area contributed by atoms with Crippen LogP contribution in [0, 0.1) is 17.3 Å². The number of hydrogen-bond acceptors (Lipinski definition) is 5. The lowest BCUT2D eigenvalue weighted by molar-refractivity contribution is -0.121. The first-order valence-corrected chi connectivity index (χ1v) is 11.7. The molecule has 1 amide bonds. The molecule has 3 aliphatic carbocycles. The van der Waals surface area contributed by atoms with E-state index < -0.39 is 0 Å².